The monoisotopic (exact) mass is 230 g/mol. The van der Waals surface area contributed by atoms with Crippen LogP contribution in [0, 0.1) is 6.92 Å². The van der Waals surface area contributed by atoms with Crippen molar-refractivity contribution in [2.75, 3.05) is 5.32 Å². The molecule has 88 valence electrons. The first-order valence-corrected chi connectivity index (χ1v) is 5.64. The van der Waals surface area contributed by atoms with Crippen LogP contribution < -0.4 is 11.1 Å². The highest BCUT2D eigenvalue weighted by atomic mass is 16.2. The van der Waals surface area contributed by atoms with Crippen LogP contribution in [0.4, 0.5) is 5.69 Å². The number of aromatic amines is 1. The lowest BCUT2D eigenvalue weighted by Crippen LogP contribution is -2.37. The van der Waals surface area contributed by atoms with E-state index in [1.54, 1.807) is 0 Å². The molecule has 1 saturated carbocycles. The van der Waals surface area contributed by atoms with E-state index < -0.39 is 5.54 Å². The molecule has 1 aliphatic carbocycles. The zero-order valence-corrected chi connectivity index (χ0v) is 9.58. The van der Waals surface area contributed by atoms with Crippen LogP contribution in [-0.2, 0) is 4.79 Å². The van der Waals surface area contributed by atoms with Gasteiger partial charge in [0, 0.05) is 5.69 Å². The van der Waals surface area contributed by atoms with Gasteiger partial charge in [0.25, 0.3) is 0 Å². The smallest absolute Gasteiger partial charge is 0.244 e. The number of nitrogens with zero attached hydrogens (tertiary/aromatic N) is 1. The SMILES string of the molecule is Cc1nc2ccc(NC(=O)C3(N)CC3)cc2[nH]1. The Morgan fingerprint density at radius 1 is 1.53 bits per heavy atom. The van der Waals surface area contributed by atoms with Gasteiger partial charge in [0.05, 0.1) is 16.6 Å². The molecule has 5 nitrogen and oxygen atoms in total. The molecule has 0 saturated heterocycles. The third kappa shape index (κ3) is 1.78. The summed E-state index contributed by atoms with van der Waals surface area (Å²) in [4.78, 5) is 19.2. The lowest BCUT2D eigenvalue weighted by Gasteiger charge is -2.09. The van der Waals surface area contributed by atoms with Crippen LogP contribution in [0.15, 0.2) is 18.2 Å². The minimum absolute atomic E-state index is 0.104. The van der Waals surface area contributed by atoms with E-state index in [0.29, 0.717) is 0 Å². The number of benzene rings is 1. The van der Waals surface area contributed by atoms with Crippen LogP contribution in [0.5, 0.6) is 0 Å². The fraction of sp³-hybridized carbons (Fsp3) is 0.333. The second-order valence-electron chi connectivity index (χ2n) is 4.66. The molecule has 1 aliphatic rings. The zero-order chi connectivity index (χ0) is 12.0. The molecule has 0 unspecified atom stereocenters. The number of H-pyrrole nitrogens is 1. The Bertz CT molecular complexity index is 598. The molecular weight excluding hydrogens is 216 g/mol. The summed E-state index contributed by atoms with van der Waals surface area (Å²) in [5, 5.41) is 2.83. The molecule has 0 spiro atoms. The summed E-state index contributed by atoms with van der Waals surface area (Å²) in [6.07, 6.45) is 1.54. The van der Waals surface area contributed by atoms with E-state index >= 15 is 0 Å². The van der Waals surface area contributed by atoms with E-state index in [4.69, 9.17) is 5.73 Å². The Hall–Kier alpha value is -1.88. The highest BCUT2D eigenvalue weighted by Crippen LogP contribution is 2.33. The highest BCUT2D eigenvalue weighted by molar-refractivity contribution is 6.01. The van der Waals surface area contributed by atoms with E-state index in [9.17, 15) is 4.79 Å². The van der Waals surface area contributed by atoms with Gasteiger partial charge in [-0.2, -0.15) is 0 Å². The molecule has 1 amide bonds. The van der Waals surface area contributed by atoms with Crippen molar-refractivity contribution in [2.45, 2.75) is 25.3 Å². The number of imidazole rings is 1. The number of fused-ring (bicyclic) bond motifs is 1. The highest BCUT2D eigenvalue weighted by Gasteiger charge is 2.45. The van der Waals surface area contributed by atoms with Crippen LogP contribution in [0.3, 0.4) is 0 Å². The third-order valence-corrected chi connectivity index (χ3v) is 3.10. The number of amides is 1. The molecule has 5 heteroatoms. The molecule has 4 N–H and O–H groups in total. The first-order valence-electron chi connectivity index (χ1n) is 5.64. The van der Waals surface area contributed by atoms with Crippen molar-refractivity contribution in [3.05, 3.63) is 24.0 Å². The minimum atomic E-state index is -0.640. The number of anilines is 1. The minimum Gasteiger partial charge on any atom is -0.342 e. The van der Waals surface area contributed by atoms with Crippen molar-refractivity contribution in [2.24, 2.45) is 5.73 Å². The number of nitrogens with one attached hydrogen (secondary N) is 2. The second-order valence-corrected chi connectivity index (χ2v) is 4.66. The Morgan fingerprint density at radius 3 is 3.00 bits per heavy atom. The lowest BCUT2D eigenvalue weighted by atomic mass is 10.2. The van der Waals surface area contributed by atoms with Crippen molar-refractivity contribution in [1.82, 2.24) is 9.97 Å². The van der Waals surface area contributed by atoms with Crippen molar-refractivity contribution < 1.29 is 4.79 Å². The lowest BCUT2D eigenvalue weighted by molar-refractivity contribution is -0.118. The number of hydrogen-bond acceptors (Lipinski definition) is 3. The van der Waals surface area contributed by atoms with E-state index in [1.165, 1.54) is 0 Å². The molecule has 1 aromatic carbocycles. The molecule has 2 aromatic rings. The van der Waals surface area contributed by atoms with Crippen LogP contribution in [0.25, 0.3) is 11.0 Å². The van der Waals surface area contributed by atoms with Gasteiger partial charge < -0.3 is 16.0 Å². The number of hydrogen-bond donors (Lipinski definition) is 3. The molecular formula is C12H14N4O. The van der Waals surface area contributed by atoms with Gasteiger partial charge in [-0.3, -0.25) is 4.79 Å². The summed E-state index contributed by atoms with van der Waals surface area (Å²) in [5.41, 5.74) is 7.75. The molecule has 1 fully saturated rings. The predicted molar refractivity (Wildman–Crippen MR) is 65.6 cm³/mol. The summed E-state index contributed by atoms with van der Waals surface area (Å²) in [6.45, 7) is 1.90. The maximum atomic E-state index is 11.8. The topological polar surface area (TPSA) is 83.8 Å². The fourth-order valence-corrected chi connectivity index (χ4v) is 1.83. The number of nitrogens with two attached hydrogens (primary N) is 1. The van der Waals surface area contributed by atoms with Gasteiger partial charge in [-0.25, -0.2) is 4.98 Å². The maximum Gasteiger partial charge on any atom is 0.244 e. The van der Waals surface area contributed by atoms with Crippen LogP contribution in [-0.4, -0.2) is 21.4 Å². The van der Waals surface area contributed by atoms with Crippen molar-refractivity contribution >= 4 is 22.6 Å². The molecule has 17 heavy (non-hydrogen) atoms. The van der Waals surface area contributed by atoms with Gasteiger partial charge in [0.1, 0.15) is 5.82 Å². The molecule has 0 aliphatic heterocycles. The molecule has 0 bridgehead atoms. The normalized spacial score (nSPS) is 17.1. The van der Waals surface area contributed by atoms with Crippen molar-refractivity contribution in [1.29, 1.82) is 0 Å². The van der Waals surface area contributed by atoms with E-state index in [0.717, 1.165) is 35.4 Å². The third-order valence-electron chi connectivity index (χ3n) is 3.10. The molecule has 1 aromatic heterocycles. The Morgan fingerprint density at radius 2 is 2.29 bits per heavy atom. The summed E-state index contributed by atoms with van der Waals surface area (Å²) >= 11 is 0. The Labute approximate surface area is 98.4 Å². The average molecular weight is 230 g/mol. The Kier molecular flexibility index (Phi) is 2.00. The molecule has 1 heterocycles. The number of carbonyl (C=O) groups is 1. The first-order chi connectivity index (χ1) is 8.07. The number of aryl methyl sites for hydroxylation is 1. The van der Waals surface area contributed by atoms with Crippen LogP contribution in [0.1, 0.15) is 18.7 Å². The largest absolute Gasteiger partial charge is 0.342 e. The summed E-state index contributed by atoms with van der Waals surface area (Å²) in [5.74, 6) is 0.758. The molecule has 3 rings (SSSR count). The van der Waals surface area contributed by atoms with Crippen LogP contribution >= 0.6 is 0 Å². The molecule has 0 atom stereocenters. The predicted octanol–water partition coefficient (Wildman–Crippen LogP) is 1.30. The second kappa shape index (κ2) is 3.30. The van der Waals surface area contributed by atoms with Crippen LogP contribution in [0.2, 0.25) is 0 Å². The average Bonchev–Trinajstić information content (AvgIpc) is 2.91. The van der Waals surface area contributed by atoms with E-state index in [1.807, 2.05) is 25.1 Å². The van der Waals surface area contributed by atoms with E-state index in [2.05, 4.69) is 15.3 Å². The summed E-state index contributed by atoms with van der Waals surface area (Å²) in [7, 11) is 0. The summed E-state index contributed by atoms with van der Waals surface area (Å²) in [6, 6.07) is 5.59. The number of rotatable bonds is 2. The van der Waals surface area contributed by atoms with Gasteiger partial charge in [-0.1, -0.05) is 0 Å². The zero-order valence-electron chi connectivity index (χ0n) is 9.58. The Balaban J connectivity index is 1.87. The number of aromatic nitrogens is 2. The maximum absolute atomic E-state index is 11.8. The van der Waals surface area contributed by atoms with Gasteiger partial charge in [0.2, 0.25) is 5.91 Å². The first kappa shape index (κ1) is 10.3. The van der Waals surface area contributed by atoms with Gasteiger partial charge in [-0.15, -0.1) is 0 Å². The van der Waals surface area contributed by atoms with Gasteiger partial charge in [0.15, 0.2) is 0 Å². The van der Waals surface area contributed by atoms with Crippen molar-refractivity contribution in [3.8, 4) is 0 Å². The van der Waals surface area contributed by atoms with Crippen molar-refractivity contribution in [3.63, 3.8) is 0 Å². The number of carbonyl (C=O) groups excluding carboxylic acids is 1. The quantitative estimate of drug-likeness (QED) is 0.727. The summed E-state index contributed by atoms with van der Waals surface area (Å²) < 4.78 is 0. The van der Waals surface area contributed by atoms with Gasteiger partial charge in [-0.05, 0) is 38.0 Å². The standard InChI is InChI=1S/C12H14N4O/c1-7-14-9-3-2-8(6-10(9)15-7)16-11(17)12(13)4-5-12/h2-3,6H,4-5,13H2,1H3,(H,14,15)(H,16,17). The molecule has 0 radical (unpaired) electrons. The van der Waals surface area contributed by atoms with Gasteiger partial charge >= 0.3 is 0 Å². The fourth-order valence-electron chi connectivity index (χ4n) is 1.83. The van der Waals surface area contributed by atoms with E-state index in [-0.39, 0.29) is 5.91 Å².